The monoisotopic (exact) mass is 438 g/mol. The second-order valence-corrected chi connectivity index (χ2v) is 7.94. The number of hydrogen-bond donors (Lipinski definition) is 1. The Morgan fingerprint density at radius 2 is 1.66 bits per heavy atom. The summed E-state index contributed by atoms with van der Waals surface area (Å²) in [5, 5.41) is 11.1. The molecule has 0 spiro atoms. The van der Waals surface area contributed by atoms with Crippen LogP contribution in [0.2, 0.25) is 0 Å². The van der Waals surface area contributed by atoms with Crippen LogP contribution in [-0.2, 0) is 9.59 Å². The maximum absolute atomic E-state index is 13.0. The largest absolute Gasteiger partial charge is 0.507 e. The van der Waals surface area contributed by atoms with Gasteiger partial charge in [0.05, 0.1) is 25.3 Å². The molecule has 1 heterocycles. The van der Waals surface area contributed by atoms with Crippen LogP contribution < -0.4 is 9.47 Å². The van der Waals surface area contributed by atoms with Crippen molar-refractivity contribution < 1.29 is 24.2 Å². The molecule has 170 valence electrons. The predicted molar refractivity (Wildman–Crippen MR) is 123 cm³/mol. The molecular formula is C25H30N2O5. The summed E-state index contributed by atoms with van der Waals surface area (Å²) in [6.07, 6.45) is 0.897. The molecule has 3 rings (SSSR count). The van der Waals surface area contributed by atoms with Crippen LogP contribution in [0.4, 0.5) is 0 Å². The van der Waals surface area contributed by atoms with E-state index in [-0.39, 0.29) is 11.3 Å². The van der Waals surface area contributed by atoms with E-state index in [0.29, 0.717) is 31.0 Å². The number of carbonyl (C=O) groups excluding carboxylic acids is 2. The van der Waals surface area contributed by atoms with Gasteiger partial charge in [0.25, 0.3) is 11.7 Å². The fraction of sp³-hybridized carbons (Fsp3) is 0.360. The standard InChI is InChI=1S/C25H30N2O5/c1-5-16-32-20-12-6-17(7-13-20)22-21(23(28)18-8-10-19(31-4)11-9-18)24(29)25(30)27(22)15-14-26(2)3/h6-13,22,28H,5,14-16H2,1-4H3/b23-21-. The van der Waals surface area contributed by atoms with Crippen LogP contribution >= 0.6 is 0 Å². The molecule has 0 bridgehead atoms. The van der Waals surface area contributed by atoms with Crippen LogP contribution in [-0.4, -0.2) is 67.5 Å². The molecule has 0 aliphatic carbocycles. The number of benzene rings is 2. The predicted octanol–water partition coefficient (Wildman–Crippen LogP) is 3.47. The van der Waals surface area contributed by atoms with Gasteiger partial charge in [0.2, 0.25) is 0 Å². The number of carbonyl (C=O) groups is 2. The molecule has 1 saturated heterocycles. The minimum absolute atomic E-state index is 0.0844. The average molecular weight is 439 g/mol. The van der Waals surface area contributed by atoms with Crippen LogP contribution in [0.3, 0.4) is 0 Å². The van der Waals surface area contributed by atoms with Gasteiger partial charge in [-0.15, -0.1) is 0 Å². The molecule has 1 atom stereocenters. The highest BCUT2D eigenvalue weighted by molar-refractivity contribution is 6.46. The van der Waals surface area contributed by atoms with E-state index in [1.54, 1.807) is 31.4 Å². The lowest BCUT2D eigenvalue weighted by atomic mass is 9.95. The van der Waals surface area contributed by atoms with E-state index in [4.69, 9.17) is 9.47 Å². The Morgan fingerprint density at radius 1 is 1.03 bits per heavy atom. The van der Waals surface area contributed by atoms with E-state index in [1.807, 2.05) is 50.2 Å². The van der Waals surface area contributed by atoms with Crippen molar-refractivity contribution in [2.45, 2.75) is 19.4 Å². The molecule has 0 aromatic heterocycles. The van der Waals surface area contributed by atoms with Crippen molar-refractivity contribution >= 4 is 17.4 Å². The molecule has 0 radical (unpaired) electrons. The molecule has 0 saturated carbocycles. The normalized spacial score (nSPS) is 17.8. The van der Waals surface area contributed by atoms with Crippen molar-refractivity contribution in [1.29, 1.82) is 0 Å². The Morgan fingerprint density at radius 3 is 2.22 bits per heavy atom. The number of ketones is 1. The van der Waals surface area contributed by atoms with Crippen molar-refractivity contribution in [1.82, 2.24) is 9.80 Å². The number of likely N-dealkylation sites (N-methyl/N-ethyl adjacent to an activating group) is 1. The smallest absolute Gasteiger partial charge is 0.295 e. The van der Waals surface area contributed by atoms with E-state index in [0.717, 1.165) is 17.7 Å². The third-order valence-electron chi connectivity index (χ3n) is 5.36. The highest BCUT2D eigenvalue weighted by Crippen LogP contribution is 2.39. The molecule has 1 aliphatic heterocycles. The zero-order valence-electron chi connectivity index (χ0n) is 19.0. The van der Waals surface area contributed by atoms with Gasteiger partial charge in [-0.3, -0.25) is 9.59 Å². The highest BCUT2D eigenvalue weighted by Gasteiger charge is 2.45. The van der Waals surface area contributed by atoms with Crippen molar-refractivity contribution in [2.24, 2.45) is 0 Å². The number of methoxy groups -OCH3 is 1. The fourth-order valence-corrected chi connectivity index (χ4v) is 3.64. The zero-order valence-corrected chi connectivity index (χ0v) is 19.0. The number of Topliss-reactive ketones (excluding diaryl/α,β-unsaturated/α-hetero) is 1. The van der Waals surface area contributed by atoms with Gasteiger partial charge in [-0.25, -0.2) is 0 Å². The van der Waals surface area contributed by atoms with E-state index in [9.17, 15) is 14.7 Å². The third kappa shape index (κ3) is 4.94. The van der Waals surface area contributed by atoms with Gasteiger partial charge in [0, 0.05) is 18.7 Å². The molecule has 7 nitrogen and oxygen atoms in total. The lowest BCUT2D eigenvalue weighted by molar-refractivity contribution is -0.140. The Kier molecular flexibility index (Phi) is 7.53. The number of amides is 1. The topological polar surface area (TPSA) is 79.3 Å². The molecule has 1 unspecified atom stereocenters. The van der Waals surface area contributed by atoms with Crippen LogP contribution in [0.5, 0.6) is 11.5 Å². The van der Waals surface area contributed by atoms with Crippen LogP contribution in [0.1, 0.15) is 30.5 Å². The zero-order chi connectivity index (χ0) is 23.3. The van der Waals surface area contributed by atoms with E-state index >= 15 is 0 Å². The first-order valence-corrected chi connectivity index (χ1v) is 10.7. The Hall–Kier alpha value is -3.32. The molecule has 1 N–H and O–H groups in total. The molecular weight excluding hydrogens is 408 g/mol. The first-order chi connectivity index (χ1) is 15.4. The second-order valence-electron chi connectivity index (χ2n) is 7.94. The van der Waals surface area contributed by atoms with Crippen LogP contribution in [0.15, 0.2) is 54.1 Å². The number of rotatable bonds is 9. The number of ether oxygens (including phenoxy) is 2. The summed E-state index contributed by atoms with van der Waals surface area (Å²) in [4.78, 5) is 29.4. The summed E-state index contributed by atoms with van der Waals surface area (Å²) in [6, 6.07) is 13.4. The van der Waals surface area contributed by atoms with Crippen molar-refractivity contribution in [2.75, 3.05) is 40.9 Å². The van der Waals surface area contributed by atoms with Gasteiger partial charge in [-0.05, 0) is 62.5 Å². The summed E-state index contributed by atoms with van der Waals surface area (Å²) in [5.41, 5.74) is 1.27. The molecule has 2 aromatic carbocycles. The molecule has 1 amide bonds. The fourth-order valence-electron chi connectivity index (χ4n) is 3.64. The maximum Gasteiger partial charge on any atom is 0.295 e. The van der Waals surface area contributed by atoms with Gasteiger partial charge >= 0.3 is 0 Å². The molecule has 2 aromatic rings. The molecule has 32 heavy (non-hydrogen) atoms. The van der Waals surface area contributed by atoms with Crippen molar-refractivity contribution in [3.05, 3.63) is 65.2 Å². The molecule has 7 heteroatoms. The first-order valence-electron chi connectivity index (χ1n) is 10.7. The summed E-state index contributed by atoms with van der Waals surface area (Å²) in [5.74, 6) is -0.149. The maximum atomic E-state index is 13.0. The SMILES string of the molecule is CCCOc1ccc(C2/C(=C(/O)c3ccc(OC)cc3)C(=O)C(=O)N2CCN(C)C)cc1. The van der Waals surface area contributed by atoms with E-state index in [1.165, 1.54) is 4.90 Å². The molecule has 1 fully saturated rings. The van der Waals surface area contributed by atoms with Crippen LogP contribution in [0, 0.1) is 0 Å². The molecule has 1 aliphatic rings. The van der Waals surface area contributed by atoms with Gasteiger partial charge in [0.1, 0.15) is 17.3 Å². The first kappa shape index (κ1) is 23.3. The van der Waals surface area contributed by atoms with Crippen LogP contribution in [0.25, 0.3) is 5.76 Å². The second kappa shape index (κ2) is 10.3. The third-order valence-corrected chi connectivity index (χ3v) is 5.36. The number of likely N-dealkylation sites (tertiary alicyclic amines) is 1. The van der Waals surface area contributed by atoms with Gasteiger partial charge in [0.15, 0.2) is 0 Å². The Bertz CT molecular complexity index is 980. The minimum Gasteiger partial charge on any atom is -0.507 e. The summed E-state index contributed by atoms with van der Waals surface area (Å²) < 4.78 is 10.8. The van der Waals surface area contributed by atoms with E-state index in [2.05, 4.69) is 0 Å². The Labute approximate surface area is 188 Å². The highest BCUT2D eigenvalue weighted by atomic mass is 16.5. The number of aliphatic hydroxyl groups excluding tert-OH is 1. The number of hydrogen-bond acceptors (Lipinski definition) is 6. The van der Waals surface area contributed by atoms with Gasteiger partial charge < -0.3 is 24.4 Å². The van der Waals surface area contributed by atoms with E-state index < -0.39 is 17.7 Å². The van der Waals surface area contributed by atoms with Gasteiger partial charge in [-0.2, -0.15) is 0 Å². The average Bonchev–Trinajstić information content (AvgIpc) is 3.06. The number of aliphatic hydroxyl groups is 1. The summed E-state index contributed by atoms with van der Waals surface area (Å²) in [7, 11) is 5.37. The van der Waals surface area contributed by atoms with Gasteiger partial charge in [-0.1, -0.05) is 19.1 Å². The lowest BCUT2D eigenvalue weighted by Crippen LogP contribution is -2.35. The Balaban J connectivity index is 2.05. The number of nitrogens with zero attached hydrogens (tertiary/aromatic N) is 2. The quantitative estimate of drug-likeness (QED) is 0.367. The summed E-state index contributed by atoms with van der Waals surface area (Å²) in [6.45, 7) is 3.59. The van der Waals surface area contributed by atoms with Crippen molar-refractivity contribution in [3.8, 4) is 11.5 Å². The minimum atomic E-state index is -0.687. The lowest BCUT2D eigenvalue weighted by Gasteiger charge is -2.26. The summed E-state index contributed by atoms with van der Waals surface area (Å²) >= 11 is 0. The van der Waals surface area contributed by atoms with Crippen molar-refractivity contribution in [3.63, 3.8) is 0 Å².